The van der Waals surface area contributed by atoms with Gasteiger partial charge in [0, 0.05) is 33.6 Å². The summed E-state index contributed by atoms with van der Waals surface area (Å²) >= 11 is 3.43. The van der Waals surface area contributed by atoms with Crippen molar-refractivity contribution in [1.29, 1.82) is 0 Å². The molecule has 0 amide bonds. The lowest BCUT2D eigenvalue weighted by Gasteiger charge is -2.09. The van der Waals surface area contributed by atoms with E-state index in [0.717, 1.165) is 33.8 Å². The van der Waals surface area contributed by atoms with Gasteiger partial charge in [0.2, 0.25) is 0 Å². The Labute approximate surface area is 199 Å². The predicted octanol–water partition coefficient (Wildman–Crippen LogP) is 4.90. The molecule has 0 spiro atoms. The number of esters is 1. The molecule has 0 saturated heterocycles. The third kappa shape index (κ3) is 4.90. The van der Waals surface area contributed by atoms with Crippen LogP contribution >= 0.6 is 15.9 Å². The van der Waals surface area contributed by atoms with E-state index in [0.29, 0.717) is 29.8 Å². The Hall–Kier alpha value is -3.26. The molecule has 8 heteroatoms. The highest BCUT2D eigenvalue weighted by Gasteiger charge is 2.13. The molecule has 0 aliphatic carbocycles. The summed E-state index contributed by atoms with van der Waals surface area (Å²) in [6.07, 6.45) is 6.06. The number of hydrogen-bond acceptors (Lipinski definition) is 5. The first-order valence-corrected chi connectivity index (χ1v) is 11.8. The van der Waals surface area contributed by atoms with Gasteiger partial charge in [0.15, 0.2) is 0 Å². The molecule has 2 aromatic heterocycles. The van der Waals surface area contributed by atoms with Gasteiger partial charge in [0.05, 0.1) is 23.7 Å². The van der Waals surface area contributed by atoms with E-state index in [1.807, 2.05) is 47.2 Å². The number of aromatic nitrogens is 3. The van der Waals surface area contributed by atoms with E-state index in [9.17, 15) is 9.59 Å². The Morgan fingerprint density at radius 1 is 1.18 bits per heavy atom. The predicted molar refractivity (Wildman–Crippen MR) is 134 cm³/mol. The van der Waals surface area contributed by atoms with Crippen molar-refractivity contribution in [1.82, 2.24) is 14.2 Å². The van der Waals surface area contributed by atoms with E-state index in [-0.39, 0.29) is 18.1 Å². The molecule has 4 rings (SSSR count). The van der Waals surface area contributed by atoms with E-state index in [1.54, 1.807) is 19.2 Å². The van der Waals surface area contributed by atoms with E-state index < -0.39 is 0 Å². The fourth-order valence-electron chi connectivity index (χ4n) is 3.79. The summed E-state index contributed by atoms with van der Waals surface area (Å²) in [5, 5.41) is 6.00. The second-order valence-corrected chi connectivity index (χ2v) is 8.60. The molecule has 170 valence electrons. The van der Waals surface area contributed by atoms with Crippen LogP contribution in [0.2, 0.25) is 0 Å². The Bertz CT molecular complexity index is 1400. The molecule has 0 unspecified atom stereocenters. The molecule has 4 aromatic rings. The maximum atomic E-state index is 13.3. The van der Waals surface area contributed by atoms with Crippen LogP contribution in [0.4, 0.5) is 0 Å². The molecule has 0 fully saturated rings. The third-order valence-corrected chi connectivity index (χ3v) is 5.86. The Balaban J connectivity index is 1.80. The van der Waals surface area contributed by atoms with Crippen LogP contribution in [-0.2, 0) is 22.5 Å². The summed E-state index contributed by atoms with van der Waals surface area (Å²) in [7, 11) is 0. The van der Waals surface area contributed by atoms with Crippen LogP contribution < -0.4 is 5.56 Å². The number of para-hydroxylation sites is 1. The number of carbonyl (C=O) groups excluding carboxylic acids is 1. The highest BCUT2D eigenvalue weighted by Crippen LogP contribution is 2.21. The van der Waals surface area contributed by atoms with Crippen LogP contribution in [-0.4, -0.2) is 33.0 Å². The summed E-state index contributed by atoms with van der Waals surface area (Å²) in [4.78, 5) is 30.1. The lowest BCUT2D eigenvalue weighted by atomic mass is 10.2. The zero-order valence-corrected chi connectivity index (χ0v) is 20.2. The highest BCUT2D eigenvalue weighted by atomic mass is 79.9. The van der Waals surface area contributed by atoms with Gasteiger partial charge in [0.25, 0.3) is 5.56 Å². The standard InChI is InChI=1S/C25H25BrN4O3/c1-3-5-10-23-28-21-12-11-18(26)13-20(21)25(32)30(23)27-14-17-15-29(16-24(31)33-4-2)22-9-7-6-8-19(17)22/h6-9,11-15H,3-5,10,16H2,1-2H3. The van der Waals surface area contributed by atoms with Gasteiger partial charge in [0.1, 0.15) is 12.4 Å². The number of hydrogen-bond donors (Lipinski definition) is 0. The van der Waals surface area contributed by atoms with Crippen LogP contribution in [0, 0.1) is 0 Å². The summed E-state index contributed by atoms with van der Waals surface area (Å²) in [6, 6.07) is 13.3. The SMILES string of the molecule is CCCCc1nc2ccc(Br)cc2c(=O)n1N=Cc1cn(CC(=O)OCC)c2ccccc12. The number of carbonyl (C=O) groups is 1. The van der Waals surface area contributed by atoms with E-state index in [2.05, 4.69) is 28.0 Å². The number of rotatable bonds is 8. The maximum absolute atomic E-state index is 13.3. The Morgan fingerprint density at radius 3 is 2.79 bits per heavy atom. The Kier molecular flexibility index (Phi) is 7.03. The van der Waals surface area contributed by atoms with Crippen LogP contribution in [0.5, 0.6) is 0 Å². The molecule has 0 aliphatic heterocycles. The van der Waals surface area contributed by atoms with E-state index in [4.69, 9.17) is 9.72 Å². The fraction of sp³-hybridized carbons (Fsp3) is 0.280. The zero-order chi connectivity index (χ0) is 23.4. The minimum atomic E-state index is -0.302. The number of ether oxygens (including phenoxy) is 1. The van der Waals surface area contributed by atoms with Crippen LogP contribution in [0.15, 0.2) is 63.0 Å². The molecule has 2 heterocycles. The summed E-state index contributed by atoms with van der Waals surface area (Å²) in [5.74, 6) is 0.326. The van der Waals surface area contributed by atoms with Crippen molar-refractivity contribution in [2.75, 3.05) is 6.61 Å². The minimum Gasteiger partial charge on any atom is -0.465 e. The number of benzene rings is 2. The average molecular weight is 509 g/mol. The van der Waals surface area contributed by atoms with Crippen LogP contribution in [0.1, 0.15) is 38.1 Å². The van der Waals surface area contributed by atoms with Gasteiger partial charge < -0.3 is 9.30 Å². The first-order chi connectivity index (χ1) is 16.0. The number of unbranched alkanes of at least 4 members (excludes halogenated alkanes) is 1. The lowest BCUT2D eigenvalue weighted by Crippen LogP contribution is -2.22. The molecule has 2 aromatic carbocycles. The van der Waals surface area contributed by atoms with Gasteiger partial charge in [-0.2, -0.15) is 9.78 Å². The summed E-state index contributed by atoms with van der Waals surface area (Å²) in [6.45, 7) is 4.33. The quantitative estimate of drug-likeness (QED) is 0.250. The highest BCUT2D eigenvalue weighted by molar-refractivity contribution is 9.10. The topological polar surface area (TPSA) is 78.5 Å². The molecule has 0 N–H and O–H groups in total. The first kappa shape index (κ1) is 22.9. The van der Waals surface area contributed by atoms with Crippen molar-refractivity contribution in [3.8, 4) is 0 Å². The average Bonchev–Trinajstić information content (AvgIpc) is 3.15. The number of halogens is 1. The van der Waals surface area contributed by atoms with Crippen molar-refractivity contribution in [3.05, 3.63) is 74.9 Å². The van der Waals surface area contributed by atoms with Gasteiger partial charge in [-0.15, -0.1) is 0 Å². The van der Waals surface area contributed by atoms with Crippen LogP contribution in [0.25, 0.3) is 21.8 Å². The summed E-state index contributed by atoms with van der Waals surface area (Å²) < 4.78 is 9.14. The second kappa shape index (κ2) is 10.1. The number of aryl methyl sites for hydroxylation is 1. The van der Waals surface area contributed by atoms with Gasteiger partial charge in [-0.1, -0.05) is 47.5 Å². The maximum Gasteiger partial charge on any atom is 0.325 e. The van der Waals surface area contributed by atoms with Gasteiger partial charge in [-0.3, -0.25) is 9.59 Å². The number of nitrogens with zero attached hydrogens (tertiary/aromatic N) is 4. The molecule has 0 bridgehead atoms. The van der Waals surface area contributed by atoms with Crippen molar-refractivity contribution in [2.45, 2.75) is 39.7 Å². The molecule has 7 nitrogen and oxygen atoms in total. The normalized spacial score (nSPS) is 11.6. The lowest BCUT2D eigenvalue weighted by molar-refractivity contribution is -0.143. The second-order valence-electron chi connectivity index (χ2n) is 7.69. The minimum absolute atomic E-state index is 0.107. The molecule has 0 atom stereocenters. The van der Waals surface area contributed by atoms with E-state index in [1.165, 1.54) is 4.68 Å². The number of fused-ring (bicyclic) bond motifs is 2. The van der Waals surface area contributed by atoms with Crippen molar-refractivity contribution < 1.29 is 9.53 Å². The van der Waals surface area contributed by atoms with Crippen LogP contribution in [0.3, 0.4) is 0 Å². The van der Waals surface area contributed by atoms with Gasteiger partial charge >= 0.3 is 5.97 Å². The van der Waals surface area contributed by atoms with Crippen molar-refractivity contribution in [2.24, 2.45) is 5.10 Å². The van der Waals surface area contributed by atoms with Gasteiger partial charge in [-0.05, 0) is 37.6 Å². The monoisotopic (exact) mass is 508 g/mol. The molecule has 0 radical (unpaired) electrons. The molecular formula is C25H25BrN4O3. The molecule has 33 heavy (non-hydrogen) atoms. The van der Waals surface area contributed by atoms with Gasteiger partial charge in [-0.25, -0.2) is 4.98 Å². The van der Waals surface area contributed by atoms with Crippen molar-refractivity contribution in [3.63, 3.8) is 0 Å². The zero-order valence-electron chi connectivity index (χ0n) is 18.6. The molecule has 0 saturated carbocycles. The largest absolute Gasteiger partial charge is 0.465 e. The molecule has 0 aliphatic rings. The van der Waals surface area contributed by atoms with E-state index >= 15 is 0 Å². The third-order valence-electron chi connectivity index (χ3n) is 5.37. The summed E-state index contributed by atoms with van der Waals surface area (Å²) in [5.41, 5.74) is 2.15. The molecular weight excluding hydrogens is 484 g/mol. The smallest absolute Gasteiger partial charge is 0.325 e. The van der Waals surface area contributed by atoms with Crippen molar-refractivity contribution >= 4 is 49.9 Å². The fourth-order valence-corrected chi connectivity index (χ4v) is 4.15. The first-order valence-electron chi connectivity index (χ1n) is 11.0. The Morgan fingerprint density at radius 2 is 2.00 bits per heavy atom.